The van der Waals surface area contributed by atoms with Crippen molar-refractivity contribution in [1.82, 2.24) is 15.1 Å². The van der Waals surface area contributed by atoms with E-state index in [1.54, 1.807) is 36.4 Å². The van der Waals surface area contributed by atoms with Gasteiger partial charge in [0.1, 0.15) is 0 Å². The first-order valence-corrected chi connectivity index (χ1v) is 10.5. The van der Waals surface area contributed by atoms with E-state index in [4.69, 9.17) is 16.7 Å². The van der Waals surface area contributed by atoms with Crippen LogP contribution in [0.3, 0.4) is 0 Å². The van der Waals surface area contributed by atoms with Crippen LogP contribution in [0.4, 0.5) is 15.3 Å². The molecule has 4 amide bonds. The van der Waals surface area contributed by atoms with Gasteiger partial charge in [-0.1, -0.05) is 35.9 Å². The maximum atomic E-state index is 12.7. The summed E-state index contributed by atoms with van der Waals surface area (Å²) in [5, 5.41) is 24.8. The molecule has 1 aliphatic heterocycles. The van der Waals surface area contributed by atoms with Gasteiger partial charge in [-0.25, -0.2) is 9.59 Å². The second-order valence-corrected chi connectivity index (χ2v) is 7.90. The molecule has 32 heavy (non-hydrogen) atoms. The van der Waals surface area contributed by atoms with Crippen molar-refractivity contribution in [3.8, 4) is 0 Å². The number of urea groups is 1. The van der Waals surface area contributed by atoms with Crippen LogP contribution in [-0.4, -0.2) is 70.3 Å². The minimum atomic E-state index is -1.06. The van der Waals surface area contributed by atoms with Gasteiger partial charge >= 0.3 is 12.1 Å². The zero-order valence-corrected chi connectivity index (χ0v) is 18.1. The lowest BCUT2D eigenvalue weighted by Gasteiger charge is -2.39. The van der Waals surface area contributed by atoms with E-state index >= 15 is 0 Å². The van der Waals surface area contributed by atoms with Crippen molar-refractivity contribution >= 4 is 35.3 Å². The Morgan fingerprint density at radius 2 is 1.66 bits per heavy atom. The highest BCUT2D eigenvalue weighted by atomic mass is 35.5. The Morgan fingerprint density at radius 1 is 1.00 bits per heavy atom. The van der Waals surface area contributed by atoms with Gasteiger partial charge < -0.3 is 30.6 Å². The molecule has 3 rings (SSSR count). The highest BCUT2D eigenvalue weighted by molar-refractivity contribution is 6.30. The third kappa shape index (κ3) is 6.35. The van der Waals surface area contributed by atoms with Crippen molar-refractivity contribution < 1.29 is 24.6 Å². The van der Waals surface area contributed by atoms with E-state index < -0.39 is 12.1 Å². The Bertz CT molecular complexity index is 952. The van der Waals surface area contributed by atoms with Crippen LogP contribution in [-0.2, 0) is 17.8 Å². The van der Waals surface area contributed by atoms with Gasteiger partial charge in [0, 0.05) is 36.9 Å². The highest BCUT2D eigenvalue weighted by Crippen LogP contribution is 2.15. The van der Waals surface area contributed by atoms with Crippen LogP contribution in [0.1, 0.15) is 11.1 Å². The molecule has 2 aromatic carbocycles. The summed E-state index contributed by atoms with van der Waals surface area (Å²) in [5.41, 5.74) is 2.25. The van der Waals surface area contributed by atoms with Crippen LogP contribution in [0.5, 0.6) is 0 Å². The first-order chi connectivity index (χ1) is 15.4. The lowest BCUT2D eigenvalue weighted by molar-refractivity contribution is -0.136. The van der Waals surface area contributed by atoms with Gasteiger partial charge in [0.2, 0.25) is 5.91 Å². The number of carbonyl (C=O) groups is 3. The number of carbonyl (C=O) groups excluding carboxylic acids is 2. The molecule has 0 spiro atoms. The molecule has 0 unspecified atom stereocenters. The average molecular weight is 461 g/mol. The lowest BCUT2D eigenvalue weighted by Crippen LogP contribution is -2.58. The second-order valence-electron chi connectivity index (χ2n) is 7.46. The summed E-state index contributed by atoms with van der Waals surface area (Å²) < 4.78 is 0. The molecule has 0 radical (unpaired) electrons. The Morgan fingerprint density at radius 3 is 2.28 bits per heavy atom. The SMILES string of the molecule is O=C(NCc1ccc(Cl)cc1)Nc1ccc(CC(=O)N2CCN(C(=O)O)C[C@@H]2CO)cc1. The fourth-order valence-corrected chi connectivity index (χ4v) is 3.58. The summed E-state index contributed by atoms with van der Waals surface area (Å²) in [5.74, 6) is -0.185. The summed E-state index contributed by atoms with van der Waals surface area (Å²) in [6, 6.07) is 13.2. The molecular weight excluding hydrogens is 436 g/mol. The molecule has 2 aromatic rings. The summed E-state index contributed by atoms with van der Waals surface area (Å²) in [6.07, 6.45) is -0.942. The van der Waals surface area contributed by atoms with E-state index in [1.165, 1.54) is 9.80 Å². The predicted molar refractivity (Wildman–Crippen MR) is 120 cm³/mol. The van der Waals surface area contributed by atoms with Crippen molar-refractivity contribution in [2.45, 2.75) is 19.0 Å². The predicted octanol–water partition coefficient (Wildman–Crippen LogP) is 2.39. The van der Waals surface area contributed by atoms with Gasteiger partial charge in [-0.05, 0) is 35.4 Å². The topological polar surface area (TPSA) is 122 Å². The Balaban J connectivity index is 1.49. The number of aliphatic hydroxyl groups excluding tert-OH is 1. The Kier molecular flexibility index (Phi) is 7.91. The number of nitrogens with zero attached hydrogens (tertiary/aromatic N) is 2. The minimum Gasteiger partial charge on any atom is -0.465 e. The third-order valence-electron chi connectivity index (χ3n) is 5.22. The van der Waals surface area contributed by atoms with Gasteiger partial charge in [-0.3, -0.25) is 4.79 Å². The van der Waals surface area contributed by atoms with Gasteiger partial charge in [0.25, 0.3) is 0 Å². The first kappa shape index (κ1) is 23.4. The summed E-state index contributed by atoms with van der Waals surface area (Å²) >= 11 is 5.84. The smallest absolute Gasteiger partial charge is 0.407 e. The van der Waals surface area contributed by atoms with Crippen molar-refractivity contribution in [2.24, 2.45) is 0 Å². The number of anilines is 1. The van der Waals surface area contributed by atoms with Crippen LogP contribution >= 0.6 is 11.6 Å². The molecule has 1 saturated heterocycles. The van der Waals surface area contributed by atoms with Gasteiger partial charge in [-0.15, -0.1) is 0 Å². The first-order valence-electron chi connectivity index (χ1n) is 10.1. The van der Waals surface area contributed by atoms with Gasteiger partial charge in [0.05, 0.1) is 19.1 Å². The molecular formula is C22H25ClN4O5. The standard InChI is InChI=1S/C22H25ClN4O5/c23-17-5-1-16(2-6-17)12-24-21(30)25-18-7-3-15(4-8-18)11-20(29)27-10-9-26(22(31)32)13-19(27)14-28/h1-8,19,28H,9-14H2,(H,31,32)(H2,24,25,30)/t19-/m1/s1. The molecule has 0 aromatic heterocycles. The maximum absolute atomic E-state index is 12.7. The van der Waals surface area contributed by atoms with Crippen molar-refractivity contribution in [2.75, 3.05) is 31.6 Å². The molecule has 0 aliphatic carbocycles. The molecule has 1 aliphatic rings. The quantitative estimate of drug-likeness (QED) is 0.527. The highest BCUT2D eigenvalue weighted by Gasteiger charge is 2.31. The summed E-state index contributed by atoms with van der Waals surface area (Å²) in [4.78, 5) is 38.6. The third-order valence-corrected chi connectivity index (χ3v) is 5.47. The van der Waals surface area contributed by atoms with Crippen LogP contribution in [0.25, 0.3) is 0 Å². The maximum Gasteiger partial charge on any atom is 0.407 e. The fraction of sp³-hybridized carbons (Fsp3) is 0.318. The summed E-state index contributed by atoms with van der Waals surface area (Å²) in [7, 11) is 0. The molecule has 1 heterocycles. The molecule has 0 bridgehead atoms. The van der Waals surface area contributed by atoms with Crippen LogP contribution < -0.4 is 10.6 Å². The number of halogens is 1. The van der Waals surface area contributed by atoms with E-state index in [2.05, 4.69) is 10.6 Å². The van der Waals surface area contributed by atoms with E-state index in [0.29, 0.717) is 17.3 Å². The number of nitrogens with one attached hydrogen (secondary N) is 2. The number of hydrogen-bond donors (Lipinski definition) is 4. The molecule has 4 N–H and O–H groups in total. The molecule has 0 saturated carbocycles. The fourth-order valence-electron chi connectivity index (χ4n) is 3.46. The normalized spacial score (nSPS) is 15.9. The molecule has 9 nitrogen and oxygen atoms in total. The number of rotatable bonds is 6. The minimum absolute atomic E-state index is 0.0889. The van der Waals surface area contributed by atoms with Crippen LogP contribution in [0.15, 0.2) is 48.5 Å². The Hall–Kier alpha value is -3.30. The van der Waals surface area contributed by atoms with Gasteiger partial charge in [0.15, 0.2) is 0 Å². The number of piperazine rings is 1. The van der Waals surface area contributed by atoms with E-state index in [-0.39, 0.29) is 44.6 Å². The van der Waals surface area contributed by atoms with Crippen molar-refractivity contribution in [3.63, 3.8) is 0 Å². The largest absolute Gasteiger partial charge is 0.465 e. The molecule has 170 valence electrons. The van der Waals surface area contributed by atoms with Crippen LogP contribution in [0.2, 0.25) is 5.02 Å². The van der Waals surface area contributed by atoms with E-state index in [0.717, 1.165) is 11.1 Å². The zero-order valence-electron chi connectivity index (χ0n) is 17.3. The number of carboxylic acid groups (broad SMARTS) is 1. The number of benzene rings is 2. The monoisotopic (exact) mass is 460 g/mol. The van der Waals surface area contributed by atoms with Crippen molar-refractivity contribution in [1.29, 1.82) is 0 Å². The second kappa shape index (κ2) is 10.8. The lowest BCUT2D eigenvalue weighted by atomic mass is 10.1. The average Bonchev–Trinajstić information content (AvgIpc) is 2.79. The number of aliphatic hydroxyl groups is 1. The van der Waals surface area contributed by atoms with Crippen LogP contribution in [0, 0.1) is 0 Å². The van der Waals surface area contributed by atoms with Gasteiger partial charge in [-0.2, -0.15) is 0 Å². The molecule has 1 fully saturated rings. The Labute approximate surface area is 190 Å². The summed E-state index contributed by atoms with van der Waals surface area (Å²) in [6.45, 7) is 0.598. The number of hydrogen-bond acceptors (Lipinski definition) is 4. The molecule has 10 heteroatoms. The number of amides is 4. The van der Waals surface area contributed by atoms with Crippen molar-refractivity contribution in [3.05, 3.63) is 64.7 Å². The van der Waals surface area contributed by atoms with E-state index in [9.17, 15) is 19.5 Å². The molecule has 1 atom stereocenters. The van der Waals surface area contributed by atoms with E-state index in [1.807, 2.05) is 12.1 Å². The zero-order chi connectivity index (χ0) is 23.1.